The maximum absolute atomic E-state index is 11.5. The zero-order valence-corrected chi connectivity index (χ0v) is 10.4. The average molecular weight is 231 g/mol. The van der Waals surface area contributed by atoms with Crippen LogP contribution < -0.4 is 5.32 Å². The zero-order chi connectivity index (χ0) is 12.6. The zero-order valence-electron chi connectivity index (χ0n) is 10.4. The van der Waals surface area contributed by atoms with E-state index in [1.54, 1.807) is 13.8 Å². The van der Waals surface area contributed by atoms with Crippen LogP contribution in [0.25, 0.3) is 0 Å². The van der Waals surface area contributed by atoms with Crippen molar-refractivity contribution in [1.82, 2.24) is 5.32 Å². The Hall–Kier alpha value is -1.26. The van der Waals surface area contributed by atoms with Crippen molar-refractivity contribution in [2.45, 2.75) is 40.2 Å². The second-order valence-corrected chi connectivity index (χ2v) is 3.80. The van der Waals surface area contributed by atoms with Crippen LogP contribution in [0.5, 0.6) is 0 Å². The van der Waals surface area contributed by atoms with E-state index < -0.39 is 18.1 Å². The monoisotopic (exact) mass is 231 g/mol. The van der Waals surface area contributed by atoms with Crippen LogP contribution in [-0.4, -0.2) is 31.3 Å². The Kier molecular flexibility index (Phi) is 7.33. The number of rotatable bonds is 6. The summed E-state index contributed by atoms with van der Waals surface area (Å²) < 4.78 is 9.60. The number of alkyl carbamates (subject to hydrolysis) is 1. The summed E-state index contributed by atoms with van der Waals surface area (Å²) in [6.07, 6.45) is -0.0429. The topological polar surface area (TPSA) is 64.6 Å². The van der Waals surface area contributed by atoms with Gasteiger partial charge >= 0.3 is 12.1 Å². The van der Waals surface area contributed by atoms with Crippen LogP contribution in [0.15, 0.2) is 0 Å². The molecule has 1 atom stereocenters. The van der Waals surface area contributed by atoms with Crippen LogP contribution in [0.4, 0.5) is 4.79 Å². The molecule has 16 heavy (non-hydrogen) atoms. The quantitative estimate of drug-likeness (QED) is 0.707. The number of hydrogen-bond donors (Lipinski definition) is 1. The lowest BCUT2D eigenvalue weighted by Crippen LogP contribution is -2.43. The van der Waals surface area contributed by atoms with Gasteiger partial charge < -0.3 is 14.8 Å². The van der Waals surface area contributed by atoms with Gasteiger partial charge in [-0.15, -0.1) is 0 Å². The molecule has 0 radical (unpaired) electrons. The first-order valence-corrected chi connectivity index (χ1v) is 5.61. The summed E-state index contributed by atoms with van der Waals surface area (Å²) in [7, 11) is 0. The highest BCUT2D eigenvalue weighted by Gasteiger charge is 2.23. The minimum absolute atomic E-state index is 0.281. The van der Waals surface area contributed by atoms with Gasteiger partial charge in [0.05, 0.1) is 13.2 Å². The molecule has 1 amide bonds. The lowest BCUT2D eigenvalue weighted by molar-refractivity contribution is -0.145. The maximum Gasteiger partial charge on any atom is 0.407 e. The third kappa shape index (κ3) is 6.27. The standard InChI is InChI=1S/C11H21NO4/c1-5-15-10(13)9(7-8(3)4)12-11(14)16-6-2/h8-9H,5-7H2,1-4H3,(H,12,14). The Morgan fingerprint density at radius 3 is 2.12 bits per heavy atom. The number of hydrogen-bond acceptors (Lipinski definition) is 4. The van der Waals surface area contributed by atoms with E-state index in [-0.39, 0.29) is 12.5 Å². The van der Waals surface area contributed by atoms with E-state index in [0.29, 0.717) is 13.0 Å². The van der Waals surface area contributed by atoms with E-state index >= 15 is 0 Å². The molecule has 0 rings (SSSR count). The second-order valence-electron chi connectivity index (χ2n) is 3.80. The molecule has 1 N–H and O–H groups in total. The molecule has 0 fully saturated rings. The van der Waals surface area contributed by atoms with Gasteiger partial charge in [0.1, 0.15) is 6.04 Å². The van der Waals surface area contributed by atoms with Crippen molar-refractivity contribution in [3.8, 4) is 0 Å². The van der Waals surface area contributed by atoms with E-state index in [2.05, 4.69) is 5.32 Å². The molecule has 0 aromatic heterocycles. The molecule has 0 bridgehead atoms. The predicted octanol–water partition coefficient (Wildman–Crippen LogP) is 1.71. The van der Waals surface area contributed by atoms with Gasteiger partial charge in [0.2, 0.25) is 0 Å². The van der Waals surface area contributed by atoms with Crippen LogP contribution in [0, 0.1) is 5.92 Å². The van der Waals surface area contributed by atoms with Crippen molar-refractivity contribution in [3.05, 3.63) is 0 Å². The first-order valence-electron chi connectivity index (χ1n) is 5.61. The van der Waals surface area contributed by atoms with E-state index in [4.69, 9.17) is 9.47 Å². The van der Waals surface area contributed by atoms with Gasteiger partial charge in [-0.1, -0.05) is 13.8 Å². The van der Waals surface area contributed by atoms with Crippen molar-refractivity contribution in [3.63, 3.8) is 0 Å². The Labute approximate surface area is 96.5 Å². The molecular formula is C11H21NO4. The minimum Gasteiger partial charge on any atom is -0.464 e. The highest BCUT2D eigenvalue weighted by atomic mass is 16.6. The number of amides is 1. The number of carbonyl (C=O) groups excluding carboxylic acids is 2. The Morgan fingerprint density at radius 2 is 1.69 bits per heavy atom. The molecule has 1 unspecified atom stereocenters. The number of esters is 1. The highest BCUT2D eigenvalue weighted by Crippen LogP contribution is 2.06. The number of ether oxygens (including phenoxy) is 2. The highest BCUT2D eigenvalue weighted by molar-refractivity contribution is 5.81. The van der Waals surface area contributed by atoms with Gasteiger partial charge in [-0.3, -0.25) is 0 Å². The molecule has 5 nitrogen and oxygen atoms in total. The van der Waals surface area contributed by atoms with Crippen molar-refractivity contribution >= 4 is 12.1 Å². The molecular weight excluding hydrogens is 210 g/mol. The van der Waals surface area contributed by atoms with Crippen molar-refractivity contribution in [1.29, 1.82) is 0 Å². The van der Waals surface area contributed by atoms with Crippen LogP contribution in [0.2, 0.25) is 0 Å². The summed E-state index contributed by atoms with van der Waals surface area (Å²) in [5.41, 5.74) is 0. The molecule has 0 saturated carbocycles. The first kappa shape index (κ1) is 14.7. The van der Waals surface area contributed by atoms with Crippen LogP contribution in [0.3, 0.4) is 0 Å². The Morgan fingerprint density at radius 1 is 1.12 bits per heavy atom. The summed E-state index contributed by atoms with van der Waals surface area (Å²) in [4.78, 5) is 22.7. The van der Waals surface area contributed by atoms with Gasteiger partial charge in [-0.05, 0) is 26.2 Å². The van der Waals surface area contributed by atoms with Crippen molar-refractivity contribution < 1.29 is 19.1 Å². The molecule has 0 aromatic rings. The predicted molar refractivity (Wildman–Crippen MR) is 60.0 cm³/mol. The van der Waals surface area contributed by atoms with Gasteiger partial charge in [0, 0.05) is 0 Å². The Bertz CT molecular complexity index is 228. The Balaban J connectivity index is 4.30. The van der Waals surface area contributed by atoms with Crippen LogP contribution in [-0.2, 0) is 14.3 Å². The maximum atomic E-state index is 11.5. The molecule has 0 spiro atoms. The summed E-state index contributed by atoms with van der Waals surface area (Å²) in [5, 5.41) is 2.50. The number of nitrogens with one attached hydrogen (secondary N) is 1. The fourth-order valence-corrected chi connectivity index (χ4v) is 1.24. The third-order valence-corrected chi connectivity index (χ3v) is 1.85. The van der Waals surface area contributed by atoms with Gasteiger partial charge in [-0.2, -0.15) is 0 Å². The van der Waals surface area contributed by atoms with Gasteiger partial charge in [0.15, 0.2) is 0 Å². The molecule has 0 aliphatic heterocycles. The normalized spacial score (nSPS) is 12.1. The largest absolute Gasteiger partial charge is 0.464 e. The molecule has 0 aliphatic rings. The van der Waals surface area contributed by atoms with Crippen LogP contribution >= 0.6 is 0 Å². The van der Waals surface area contributed by atoms with Gasteiger partial charge in [0.25, 0.3) is 0 Å². The fraction of sp³-hybridized carbons (Fsp3) is 0.818. The lowest BCUT2D eigenvalue weighted by atomic mass is 10.0. The third-order valence-electron chi connectivity index (χ3n) is 1.85. The average Bonchev–Trinajstić information content (AvgIpc) is 2.16. The second kappa shape index (κ2) is 7.96. The van der Waals surface area contributed by atoms with E-state index in [1.165, 1.54) is 0 Å². The van der Waals surface area contributed by atoms with E-state index in [1.807, 2.05) is 13.8 Å². The summed E-state index contributed by atoms with van der Waals surface area (Å²) >= 11 is 0. The first-order chi connectivity index (χ1) is 7.51. The van der Waals surface area contributed by atoms with Crippen LogP contribution in [0.1, 0.15) is 34.1 Å². The number of carbonyl (C=O) groups is 2. The summed E-state index contributed by atoms with van der Waals surface area (Å²) in [6.45, 7) is 7.97. The van der Waals surface area contributed by atoms with Crippen molar-refractivity contribution in [2.75, 3.05) is 13.2 Å². The molecule has 0 saturated heterocycles. The fourth-order valence-electron chi connectivity index (χ4n) is 1.24. The molecule has 94 valence electrons. The summed E-state index contributed by atoms with van der Waals surface area (Å²) in [6, 6.07) is -0.626. The lowest BCUT2D eigenvalue weighted by Gasteiger charge is -2.18. The smallest absolute Gasteiger partial charge is 0.407 e. The summed E-state index contributed by atoms with van der Waals surface area (Å²) in [5.74, 6) is -0.124. The van der Waals surface area contributed by atoms with Crippen molar-refractivity contribution in [2.24, 2.45) is 5.92 Å². The van der Waals surface area contributed by atoms with E-state index in [9.17, 15) is 9.59 Å². The minimum atomic E-state index is -0.626. The van der Waals surface area contributed by atoms with Gasteiger partial charge in [-0.25, -0.2) is 9.59 Å². The van der Waals surface area contributed by atoms with E-state index in [0.717, 1.165) is 0 Å². The SMILES string of the molecule is CCOC(=O)NC(CC(C)C)C(=O)OCC. The molecule has 0 heterocycles. The molecule has 5 heteroatoms. The molecule has 0 aliphatic carbocycles. The molecule has 0 aromatic carbocycles.